The third-order valence-electron chi connectivity index (χ3n) is 3.28. The van der Waals surface area contributed by atoms with Crippen LogP contribution in [-0.4, -0.2) is 48.2 Å². The standard InChI is InChI=1S/C14H15N3O4S/c1-9-8-11(16-21-9)12(18)15-13-10(2-7-22-13)14(19)17-3-5-20-6-4-17/h2,7-8H,3-6H2,1H3,(H,15,18). The number of rotatable bonds is 3. The third-order valence-corrected chi connectivity index (χ3v) is 4.11. The summed E-state index contributed by atoms with van der Waals surface area (Å²) in [6, 6.07) is 3.26. The normalized spacial score (nSPS) is 14.9. The lowest BCUT2D eigenvalue weighted by Gasteiger charge is -2.26. The van der Waals surface area contributed by atoms with Crippen LogP contribution < -0.4 is 5.32 Å². The van der Waals surface area contributed by atoms with E-state index in [2.05, 4.69) is 10.5 Å². The monoisotopic (exact) mass is 321 g/mol. The van der Waals surface area contributed by atoms with E-state index in [1.807, 2.05) is 0 Å². The molecule has 3 heterocycles. The van der Waals surface area contributed by atoms with Crippen LogP contribution in [0.25, 0.3) is 0 Å². The van der Waals surface area contributed by atoms with Gasteiger partial charge in [-0.1, -0.05) is 5.16 Å². The smallest absolute Gasteiger partial charge is 0.278 e. The van der Waals surface area contributed by atoms with Gasteiger partial charge in [-0.15, -0.1) is 11.3 Å². The zero-order valence-electron chi connectivity index (χ0n) is 12.0. The molecule has 0 unspecified atom stereocenters. The van der Waals surface area contributed by atoms with Crippen LogP contribution in [0.3, 0.4) is 0 Å². The number of aromatic nitrogens is 1. The molecule has 8 heteroatoms. The second kappa shape index (κ2) is 6.29. The van der Waals surface area contributed by atoms with Gasteiger partial charge in [0.15, 0.2) is 5.69 Å². The summed E-state index contributed by atoms with van der Waals surface area (Å²) in [5.74, 6) is 0.0625. The lowest BCUT2D eigenvalue weighted by Crippen LogP contribution is -2.40. The Bertz CT molecular complexity index is 688. The first kappa shape index (κ1) is 14.7. The second-order valence-electron chi connectivity index (χ2n) is 4.84. The Balaban J connectivity index is 1.74. The van der Waals surface area contributed by atoms with Crippen molar-refractivity contribution in [2.24, 2.45) is 0 Å². The van der Waals surface area contributed by atoms with Crippen LogP contribution in [0.5, 0.6) is 0 Å². The summed E-state index contributed by atoms with van der Waals surface area (Å²) >= 11 is 1.30. The molecule has 2 amide bonds. The van der Waals surface area contributed by atoms with Gasteiger partial charge in [-0.3, -0.25) is 9.59 Å². The first-order chi connectivity index (χ1) is 10.6. The van der Waals surface area contributed by atoms with Crippen molar-refractivity contribution in [2.75, 3.05) is 31.6 Å². The largest absolute Gasteiger partial charge is 0.378 e. The Labute approximate surface area is 130 Å². The second-order valence-corrected chi connectivity index (χ2v) is 5.76. The number of nitrogens with zero attached hydrogens (tertiary/aromatic N) is 2. The number of morpholine rings is 1. The van der Waals surface area contributed by atoms with Gasteiger partial charge in [0, 0.05) is 19.2 Å². The Morgan fingerprint density at radius 2 is 2.14 bits per heavy atom. The topological polar surface area (TPSA) is 84.7 Å². The van der Waals surface area contributed by atoms with Gasteiger partial charge in [-0.05, 0) is 18.4 Å². The quantitative estimate of drug-likeness (QED) is 0.931. The van der Waals surface area contributed by atoms with Crippen molar-refractivity contribution in [1.82, 2.24) is 10.1 Å². The highest BCUT2D eigenvalue weighted by Gasteiger charge is 2.23. The van der Waals surface area contributed by atoms with Gasteiger partial charge in [-0.2, -0.15) is 0 Å². The summed E-state index contributed by atoms with van der Waals surface area (Å²) in [4.78, 5) is 26.3. The number of amides is 2. The third kappa shape index (κ3) is 3.02. The van der Waals surface area contributed by atoms with E-state index in [0.29, 0.717) is 42.6 Å². The number of anilines is 1. The summed E-state index contributed by atoms with van der Waals surface area (Å²) in [5, 5.41) is 8.68. The molecule has 0 spiro atoms. The van der Waals surface area contributed by atoms with Crippen LogP contribution in [0.15, 0.2) is 22.0 Å². The lowest BCUT2D eigenvalue weighted by molar-refractivity contribution is 0.0304. The van der Waals surface area contributed by atoms with E-state index >= 15 is 0 Å². The van der Waals surface area contributed by atoms with Gasteiger partial charge in [0.2, 0.25) is 0 Å². The lowest BCUT2D eigenvalue weighted by atomic mass is 10.2. The Morgan fingerprint density at radius 3 is 2.82 bits per heavy atom. The van der Waals surface area contributed by atoms with Crippen molar-refractivity contribution >= 4 is 28.2 Å². The fraction of sp³-hybridized carbons (Fsp3) is 0.357. The van der Waals surface area contributed by atoms with Gasteiger partial charge in [0.1, 0.15) is 10.8 Å². The highest BCUT2D eigenvalue weighted by atomic mass is 32.1. The van der Waals surface area contributed by atoms with E-state index in [9.17, 15) is 9.59 Å². The minimum absolute atomic E-state index is 0.101. The molecule has 1 N–H and O–H groups in total. The molecule has 7 nitrogen and oxygen atoms in total. The highest BCUT2D eigenvalue weighted by molar-refractivity contribution is 7.14. The Kier molecular flexibility index (Phi) is 4.21. The van der Waals surface area contributed by atoms with Crippen molar-refractivity contribution in [3.8, 4) is 0 Å². The van der Waals surface area contributed by atoms with Gasteiger partial charge in [0.25, 0.3) is 11.8 Å². The molecule has 3 rings (SSSR count). The van der Waals surface area contributed by atoms with Crippen molar-refractivity contribution in [2.45, 2.75) is 6.92 Å². The fourth-order valence-corrected chi connectivity index (χ4v) is 2.93. The Hall–Kier alpha value is -2.19. The maximum absolute atomic E-state index is 12.5. The zero-order chi connectivity index (χ0) is 15.5. The van der Waals surface area contributed by atoms with E-state index in [1.54, 1.807) is 29.3 Å². The predicted molar refractivity (Wildman–Crippen MR) is 80.2 cm³/mol. The average Bonchev–Trinajstić information content (AvgIpc) is 3.16. The van der Waals surface area contributed by atoms with E-state index in [0.717, 1.165) is 0 Å². The van der Waals surface area contributed by atoms with E-state index in [4.69, 9.17) is 9.26 Å². The van der Waals surface area contributed by atoms with Crippen molar-refractivity contribution < 1.29 is 18.8 Å². The van der Waals surface area contributed by atoms with Gasteiger partial charge in [-0.25, -0.2) is 0 Å². The summed E-state index contributed by atoms with van der Waals surface area (Å²) in [7, 11) is 0. The molecule has 22 heavy (non-hydrogen) atoms. The summed E-state index contributed by atoms with van der Waals surface area (Å²) in [6.45, 7) is 3.91. The SMILES string of the molecule is Cc1cc(C(=O)Nc2sccc2C(=O)N2CCOCC2)no1. The number of ether oxygens (including phenoxy) is 1. The summed E-state index contributed by atoms with van der Waals surface area (Å²) < 4.78 is 10.1. The number of carbonyl (C=O) groups is 2. The van der Waals surface area contributed by atoms with Gasteiger partial charge < -0.3 is 19.5 Å². The van der Waals surface area contributed by atoms with E-state index in [-0.39, 0.29) is 11.6 Å². The molecule has 116 valence electrons. The van der Waals surface area contributed by atoms with Crippen LogP contribution in [0.1, 0.15) is 26.6 Å². The van der Waals surface area contributed by atoms with Gasteiger partial charge in [0.05, 0.1) is 18.8 Å². The molecule has 1 aliphatic heterocycles. The average molecular weight is 321 g/mol. The van der Waals surface area contributed by atoms with Crippen LogP contribution >= 0.6 is 11.3 Å². The number of thiophene rings is 1. The van der Waals surface area contributed by atoms with Crippen LogP contribution in [0.4, 0.5) is 5.00 Å². The number of carbonyl (C=O) groups excluding carboxylic acids is 2. The molecule has 1 fully saturated rings. The molecule has 2 aromatic rings. The molecule has 1 saturated heterocycles. The first-order valence-electron chi connectivity index (χ1n) is 6.84. The first-order valence-corrected chi connectivity index (χ1v) is 7.72. The highest BCUT2D eigenvalue weighted by Crippen LogP contribution is 2.25. The Morgan fingerprint density at radius 1 is 1.36 bits per heavy atom. The molecule has 0 radical (unpaired) electrons. The summed E-state index contributed by atoms with van der Waals surface area (Å²) in [5.41, 5.74) is 0.677. The number of hydrogen-bond donors (Lipinski definition) is 1. The predicted octanol–water partition coefficient (Wildman–Crippen LogP) is 1.77. The number of hydrogen-bond acceptors (Lipinski definition) is 6. The number of nitrogens with one attached hydrogen (secondary N) is 1. The maximum atomic E-state index is 12.5. The van der Waals surface area contributed by atoms with Crippen molar-refractivity contribution in [3.05, 3.63) is 34.5 Å². The zero-order valence-corrected chi connectivity index (χ0v) is 12.8. The number of aryl methyl sites for hydroxylation is 1. The molecular formula is C14H15N3O4S. The van der Waals surface area contributed by atoms with Crippen molar-refractivity contribution in [3.63, 3.8) is 0 Å². The molecular weight excluding hydrogens is 306 g/mol. The maximum Gasteiger partial charge on any atom is 0.278 e. The molecule has 0 aromatic carbocycles. The molecule has 1 aliphatic rings. The van der Waals surface area contributed by atoms with Crippen LogP contribution in [0, 0.1) is 6.92 Å². The molecule has 0 aliphatic carbocycles. The molecule has 2 aromatic heterocycles. The fourth-order valence-electron chi connectivity index (χ4n) is 2.15. The van der Waals surface area contributed by atoms with Crippen LogP contribution in [-0.2, 0) is 4.74 Å². The van der Waals surface area contributed by atoms with E-state index in [1.165, 1.54) is 11.3 Å². The minimum atomic E-state index is -0.393. The van der Waals surface area contributed by atoms with E-state index < -0.39 is 5.91 Å². The molecule has 0 bridgehead atoms. The van der Waals surface area contributed by atoms with Crippen molar-refractivity contribution in [1.29, 1.82) is 0 Å². The van der Waals surface area contributed by atoms with Gasteiger partial charge >= 0.3 is 0 Å². The minimum Gasteiger partial charge on any atom is -0.378 e. The summed E-state index contributed by atoms with van der Waals surface area (Å²) in [6.07, 6.45) is 0. The van der Waals surface area contributed by atoms with Crippen LogP contribution in [0.2, 0.25) is 0 Å². The molecule has 0 saturated carbocycles. The molecule has 0 atom stereocenters.